The maximum Gasteiger partial charge on any atom is 0.294 e. The first-order valence-electron chi connectivity index (χ1n) is 9.84. The molecule has 0 radical (unpaired) electrons. The molecule has 0 unspecified atom stereocenters. The summed E-state index contributed by atoms with van der Waals surface area (Å²) in [6, 6.07) is 25.7. The van der Waals surface area contributed by atoms with Crippen molar-refractivity contribution in [3.8, 4) is 5.69 Å². The Morgan fingerprint density at radius 3 is 2.58 bits per heavy atom. The Labute approximate surface area is 180 Å². The van der Waals surface area contributed by atoms with Crippen molar-refractivity contribution in [3.63, 3.8) is 0 Å². The molecule has 3 aromatic heterocycles. The summed E-state index contributed by atoms with van der Waals surface area (Å²) >= 11 is 1.53. The standard InChI is InChI=1S/C24H16N4O2S/c29-23-22-21(16-10-4-7-13-19(16)30-22)26-20(27-23)14-31-24-25-17-11-5-6-12-18(17)28(24)15-8-2-1-3-9-15/h1-13H,14H2,(H,26,27,29). The van der Waals surface area contributed by atoms with Gasteiger partial charge < -0.3 is 9.40 Å². The monoisotopic (exact) mass is 424 g/mol. The smallest absolute Gasteiger partial charge is 0.294 e. The number of hydrogen-bond acceptors (Lipinski definition) is 5. The molecular weight excluding hydrogens is 408 g/mol. The lowest BCUT2D eigenvalue weighted by atomic mass is 10.2. The van der Waals surface area contributed by atoms with E-state index in [1.807, 2.05) is 60.7 Å². The quantitative estimate of drug-likeness (QED) is 0.389. The molecule has 0 spiro atoms. The zero-order valence-electron chi connectivity index (χ0n) is 16.3. The van der Waals surface area contributed by atoms with Crippen LogP contribution in [0.25, 0.3) is 38.8 Å². The Hall–Kier alpha value is -3.84. The van der Waals surface area contributed by atoms with Crippen molar-refractivity contribution in [2.75, 3.05) is 0 Å². The Bertz CT molecular complexity index is 1620. The number of thioether (sulfide) groups is 1. The predicted molar refractivity (Wildman–Crippen MR) is 123 cm³/mol. The van der Waals surface area contributed by atoms with Crippen LogP contribution in [-0.2, 0) is 5.75 Å². The first kappa shape index (κ1) is 18.0. The SMILES string of the molecule is O=c1[nH]c(CSc2nc3ccccc3n2-c2ccccc2)nc2c1oc1ccccc12. The molecule has 3 heterocycles. The maximum atomic E-state index is 12.6. The van der Waals surface area contributed by atoms with Gasteiger partial charge in [-0.2, -0.15) is 0 Å². The fraction of sp³-hybridized carbons (Fsp3) is 0.0417. The summed E-state index contributed by atoms with van der Waals surface area (Å²) in [6.45, 7) is 0. The van der Waals surface area contributed by atoms with Gasteiger partial charge in [-0.3, -0.25) is 9.36 Å². The van der Waals surface area contributed by atoms with Crippen LogP contribution in [0, 0.1) is 0 Å². The molecule has 31 heavy (non-hydrogen) atoms. The lowest BCUT2D eigenvalue weighted by Crippen LogP contribution is -2.10. The van der Waals surface area contributed by atoms with Gasteiger partial charge in [-0.15, -0.1) is 0 Å². The van der Waals surface area contributed by atoms with Crippen LogP contribution >= 0.6 is 11.8 Å². The van der Waals surface area contributed by atoms with E-state index in [0.717, 1.165) is 27.3 Å². The molecule has 3 aromatic carbocycles. The predicted octanol–water partition coefficient (Wildman–Crippen LogP) is 5.30. The Kier molecular flexibility index (Phi) is 4.14. The number of aromatic nitrogens is 4. The number of para-hydroxylation sites is 4. The molecule has 0 saturated carbocycles. The van der Waals surface area contributed by atoms with Gasteiger partial charge in [0, 0.05) is 11.1 Å². The first-order valence-corrected chi connectivity index (χ1v) is 10.8. The van der Waals surface area contributed by atoms with Crippen LogP contribution in [0.5, 0.6) is 0 Å². The van der Waals surface area contributed by atoms with Crippen LogP contribution in [0.3, 0.4) is 0 Å². The first-order chi connectivity index (χ1) is 15.3. The number of furan rings is 1. The number of fused-ring (bicyclic) bond motifs is 4. The van der Waals surface area contributed by atoms with E-state index in [0.29, 0.717) is 22.7 Å². The molecule has 0 saturated heterocycles. The minimum atomic E-state index is -0.270. The van der Waals surface area contributed by atoms with E-state index in [9.17, 15) is 4.79 Å². The van der Waals surface area contributed by atoms with Crippen LogP contribution < -0.4 is 5.56 Å². The lowest BCUT2D eigenvalue weighted by molar-refractivity contribution is 0.660. The molecule has 6 rings (SSSR count). The maximum absolute atomic E-state index is 12.6. The summed E-state index contributed by atoms with van der Waals surface area (Å²) in [5.74, 6) is 1.06. The number of hydrogen-bond donors (Lipinski definition) is 1. The van der Waals surface area contributed by atoms with Crippen LogP contribution in [0.1, 0.15) is 5.82 Å². The summed E-state index contributed by atoms with van der Waals surface area (Å²) in [6.07, 6.45) is 0. The van der Waals surface area contributed by atoms with Gasteiger partial charge in [0.25, 0.3) is 5.56 Å². The molecule has 0 bridgehead atoms. The fourth-order valence-corrected chi connectivity index (χ4v) is 4.67. The third kappa shape index (κ3) is 3.02. The molecule has 0 aliphatic rings. The summed E-state index contributed by atoms with van der Waals surface area (Å²) in [4.78, 5) is 25.0. The molecule has 0 atom stereocenters. The zero-order valence-corrected chi connectivity index (χ0v) is 17.1. The van der Waals surface area contributed by atoms with E-state index in [4.69, 9.17) is 9.40 Å². The number of benzene rings is 3. The van der Waals surface area contributed by atoms with E-state index < -0.39 is 0 Å². The van der Waals surface area contributed by atoms with Gasteiger partial charge in [0.2, 0.25) is 5.58 Å². The Balaban J connectivity index is 1.42. The van der Waals surface area contributed by atoms with Gasteiger partial charge in [-0.1, -0.05) is 54.2 Å². The molecule has 6 aromatic rings. The molecular formula is C24H16N4O2S. The molecule has 150 valence electrons. The molecule has 0 aliphatic carbocycles. The number of nitrogens with one attached hydrogen (secondary N) is 1. The van der Waals surface area contributed by atoms with Crippen LogP contribution in [0.2, 0.25) is 0 Å². The molecule has 1 N–H and O–H groups in total. The zero-order chi connectivity index (χ0) is 20.8. The third-order valence-corrected chi connectivity index (χ3v) is 6.11. The summed E-state index contributed by atoms with van der Waals surface area (Å²) in [5.41, 5.74) is 4.23. The molecule has 6 nitrogen and oxygen atoms in total. The average Bonchev–Trinajstić information content (AvgIpc) is 3.37. The number of imidazole rings is 1. The highest BCUT2D eigenvalue weighted by Crippen LogP contribution is 2.30. The highest BCUT2D eigenvalue weighted by Gasteiger charge is 2.16. The second-order valence-corrected chi connectivity index (χ2v) is 8.07. The van der Waals surface area contributed by atoms with Crippen molar-refractivity contribution in [2.45, 2.75) is 10.9 Å². The minimum Gasteiger partial charge on any atom is -0.449 e. The van der Waals surface area contributed by atoms with Crippen molar-refractivity contribution >= 4 is 44.9 Å². The third-order valence-electron chi connectivity index (χ3n) is 5.16. The van der Waals surface area contributed by atoms with E-state index in [1.165, 1.54) is 11.8 Å². The average molecular weight is 424 g/mol. The normalized spacial score (nSPS) is 11.6. The second-order valence-electron chi connectivity index (χ2n) is 7.13. The van der Waals surface area contributed by atoms with Crippen molar-refractivity contribution in [1.82, 2.24) is 19.5 Å². The molecule has 0 amide bonds. The lowest BCUT2D eigenvalue weighted by Gasteiger charge is -2.08. The van der Waals surface area contributed by atoms with Crippen LogP contribution in [0.4, 0.5) is 0 Å². The van der Waals surface area contributed by atoms with Gasteiger partial charge in [0.05, 0.1) is 16.8 Å². The second kappa shape index (κ2) is 7.14. The highest BCUT2D eigenvalue weighted by atomic mass is 32.2. The largest absolute Gasteiger partial charge is 0.449 e. The topological polar surface area (TPSA) is 76.7 Å². The van der Waals surface area contributed by atoms with Crippen molar-refractivity contribution < 1.29 is 4.42 Å². The van der Waals surface area contributed by atoms with Crippen molar-refractivity contribution in [2.24, 2.45) is 0 Å². The van der Waals surface area contributed by atoms with Crippen LogP contribution in [0.15, 0.2) is 93.2 Å². The number of aromatic amines is 1. The molecule has 0 aliphatic heterocycles. The fourth-order valence-electron chi connectivity index (χ4n) is 3.78. The van der Waals surface area contributed by atoms with E-state index in [2.05, 4.69) is 32.7 Å². The summed E-state index contributed by atoms with van der Waals surface area (Å²) < 4.78 is 7.82. The van der Waals surface area contributed by atoms with Gasteiger partial charge in [-0.25, -0.2) is 9.97 Å². The van der Waals surface area contributed by atoms with Crippen molar-refractivity contribution in [1.29, 1.82) is 0 Å². The van der Waals surface area contributed by atoms with Crippen LogP contribution in [-0.4, -0.2) is 19.5 Å². The van der Waals surface area contributed by atoms with Gasteiger partial charge in [0.1, 0.15) is 16.9 Å². The molecule has 7 heteroatoms. The van der Waals surface area contributed by atoms with Gasteiger partial charge >= 0.3 is 0 Å². The van der Waals surface area contributed by atoms with E-state index in [-0.39, 0.29) is 11.1 Å². The minimum absolute atomic E-state index is 0.256. The highest BCUT2D eigenvalue weighted by molar-refractivity contribution is 7.98. The van der Waals surface area contributed by atoms with Gasteiger partial charge in [0.15, 0.2) is 5.16 Å². The van der Waals surface area contributed by atoms with Crippen molar-refractivity contribution in [3.05, 3.63) is 95.0 Å². The summed E-state index contributed by atoms with van der Waals surface area (Å²) in [7, 11) is 0. The Morgan fingerprint density at radius 2 is 1.68 bits per heavy atom. The Morgan fingerprint density at radius 1 is 0.903 bits per heavy atom. The van der Waals surface area contributed by atoms with E-state index in [1.54, 1.807) is 0 Å². The van der Waals surface area contributed by atoms with E-state index >= 15 is 0 Å². The number of nitrogens with zero attached hydrogens (tertiary/aromatic N) is 3. The number of H-pyrrole nitrogens is 1. The molecule has 0 fully saturated rings. The van der Waals surface area contributed by atoms with Gasteiger partial charge in [-0.05, 0) is 36.4 Å². The summed E-state index contributed by atoms with van der Waals surface area (Å²) in [5, 5.41) is 1.68. The number of rotatable bonds is 4.